The van der Waals surface area contributed by atoms with Gasteiger partial charge in [-0.2, -0.15) is 0 Å². The molecule has 78 valence electrons. The second kappa shape index (κ2) is 4.12. The Bertz CT molecular complexity index is 535. The van der Waals surface area contributed by atoms with E-state index in [1.165, 1.54) is 18.4 Å². The molecule has 0 bridgehead atoms. The van der Waals surface area contributed by atoms with Crippen LogP contribution in [0.5, 0.6) is 0 Å². The zero-order chi connectivity index (χ0) is 11.0. The third-order valence-electron chi connectivity index (χ3n) is 1.92. The third-order valence-corrected chi connectivity index (χ3v) is 3.95. The van der Waals surface area contributed by atoms with Crippen LogP contribution in [-0.4, -0.2) is 13.1 Å². The molecule has 5 heteroatoms. The molecule has 2 rings (SSSR count). The van der Waals surface area contributed by atoms with Gasteiger partial charge in [-0.1, -0.05) is 27.5 Å². The van der Waals surface area contributed by atoms with Crippen molar-refractivity contribution in [2.24, 2.45) is 0 Å². The van der Waals surface area contributed by atoms with Crippen molar-refractivity contribution in [1.82, 2.24) is 0 Å². The Morgan fingerprint density at radius 2 is 2.20 bits per heavy atom. The minimum absolute atomic E-state index is 0.330. The second-order valence-corrected chi connectivity index (χ2v) is 5.28. The molecule has 0 N–H and O–H groups in total. The lowest BCUT2D eigenvalue weighted by atomic mass is 10.2. The summed E-state index contributed by atoms with van der Waals surface area (Å²) >= 11 is 10.7. The fourth-order valence-electron chi connectivity index (χ4n) is 1.28. The van der Waals surface area contributed by atoms with Crippen LogP contribution in [0.15, 0.2) is 22.7 Å². The molecule has 0 amide bonds. The van der Waals surface area contributed by atoms with Gasteiger partial charge < -0.3 is 4.74 Å². The van der Waals surface area contributed by atoms with Crippen LogP contribution in [0.1, 0.15) is 9.67 Å². The first-order chi connectivity index (χ1) is 7.11. The Hall–Kier alpha value is -0.580. The number of methoxy groups -OCH3 is 1. The van der Waals surface area contributed by atoms with E-state index in [2.05, 4.69) is 20.7 Å². The van der Waals surface area contributed by atoms with E-state index in [-0.39, 0.29) is 5.97 Å². The van der Waals surface area contributed by atoms with E-state index < -0.39 is 0 Å². The lowest BCUT2D eigenvalue weighted by molar-refractivity contribution is 0.0606. The van der Waals surface area contributed by atoms with Gasteiger partial charge in [0.15, 0.2) is 0 Å². The predicted octanol–water partition coefficient (Wildman–Crippen LogP) is 4.10. The lowest BCUT2D eigenvalue weighted by Crippen LogP contribution is -1.96. The quantitative estimate of drug-likeness (QED) is 0.741. The molecule has 1 aromatic heterocycles. The molecule has 0 spiro atoms. The molecule has 0 saturated carbocycles. The minimum Gasteiger partial charge on any atom is -0.465 e. The molecule has 0 radical (unpaired) electrons. The maximum atomic E-state index is 11.3. The first-order valence-corrected chi connectivity index (χ1v) is 6.07. The van der Waals surface area contributed by atoms with Crippen molar-refractivity contribution in [3.63, 3.8) is 0 Å². The monoisotopic (exact) mass is 304 g/mol. The molecule has 0 aliphatic heterocycles. The Kier molecular flexibility index (Phi) is 3.00. The van der Waals surface area contributed by atoms with E-state index >= 15 is 0 Å². The smallest absolute Gasteiger partial charge is 0.348 e. The topological polar surface area (TPSA) is 26.3 Å². The van der Waals surface area contributed by atoms with Gasteiger partial charge in [0.1, 0.15) is 4.88 Å². The van der Waals surface area contributed by atoms with Crippen LogP contribution < -0.4 is 0 Å². The predicted molar refractivity (Wildman–Crippen MR) is 65.9 cm³/mol. The summed E-state index contributed by atoms with van der Waals surface area (Å²) in [5.74, 6) is -0.330. The van der Waals surface area contributed by atoms with E-state index in [1.54, 1.807) is 12.1 Å². The molecule has 0 unspecified atom stereocenters. The molecule has 2 nitrogen and oxygen atoms in total. The van der Waals surface area contributed by atoms with Crippen molar-refractivity contribution in [3.05, 3.63) is 32.6 Å². The van der Waals surface area contributed by atoms with Crippen molar-refractivity contribution in [2.75, 3.05) is 7.11 Å². The van der Waals surface area contributed by atoms with E-state index in [4.69, 9.17) is 11.6 Å². The summed E-state index contributed by atoms with van der Waals surface area (Å²) in [5.41, 5.74) is 0. The van der Waals surface area contributed by atoms with Gasteiger partial charge in [0, 0.05) is 4.47 Å². The Labute approximate surface area is 104 Å². The van der Waals surface area contributed by atoms with Gasteiger partial charge in [0.2, 0.25) is 0 Å². The van der Waals surface area contributed by atoms with Crippen LogP contribution in [0.4, 0.5) is 0 Å². The van der Waals surface area contributed by atoms with Gasteiger partial charge in [-0.05, 0) is 23.6 Å². The summed E-state index contributed by atoms with van der Waals surface area (Å²) in [5, 5.41) is 1.58. The minimum atomic E-state index is -0.330. The Balaban J connectivity index is 2.65. The van der Waals surface area contributed by atoms with Gasteiger partial charge in [-0.15, -0.1) is 11.3 Å². The van der Waals surface area contributed by atoms with Crippen LogP contribution >= 0.6 is 38.9 Å². The number of carbonyl (C=O) groups is 1. The van der Waals surface area contributed by atoms with Gasteiger partial charge >= 0.3 is 5.97 Å². The van der Waals surface area contributed by atoms with Gasteiger partial charge in [0.25, 0.3) is 0 Å². The van der Waals surface area contributed by atoms with Crippen molar-refractivity contribution in [3.8, 4) is 0 Å². The zero-order valence-electron chi connectivity index (χ0n) is 7.71. The van der Waals surface area contributed by atoms with E-state index in [0.717, 1.165) is 14.6 Å². The second-order valence-electron chi connectivity index (χ2n) is 2.91. The van der Waals surface area contributed by atoms with Crippen molar-refractivity contribution in [1.29, 1.82) is 0 Å². The van der Waals surface area contributed by atoms with Crippen LogP contribution in [0.3, 0.4) is 0 Å². The number of rotatable bonds is 1. The number of hydrogen-bond donors (Lipinski definition) is 0. The molecule has 0 fully saturated rings. The van der Waals surface area contributed by atoms with Crippen molar-refractivity contribution < 1.29 is 9.53 Å². The van der Waals surface area contributed by atoms with Gasteiger partial charge in [-0.25, -0.2) is 4.79 Å². The maximum Gasteiger partial charge on any atom is 0.348 e. The lowest BCUT2D eigenvalue weighted by Gasteiger charge is -1.93. The fourth-order valence-corrected chi connectivity index (χ4v) is 3.19. The Morgan fingerprint density at radius 3 is 2.87 bits per heavy atom. The first-order valence-electron chi connectivity index (χ1n) is 4.08. The standard InChI is InChI=1S/C10H6BrClO2S/c1-14-10(13)8-3-5-2-6(11)4-7(12)9(5)15-8/h2-4H,1H3. The average molecular weight is 306 g/mol. The number of esters is 1. The first kappa shape index (κ1) is 10.9. The van der Waals surface area contributed by atoms with Crippen molar-refractivity contribution in [2.45, 2.75) is 0 Å². The molecular formula is C10H6BrClO2S. The SMILES string of the molecule is COC(=O)c1cc2cc(Br)cc(Cl)c2s1. The Morgan fingerprint density at radius 1 is 1.47 bits per heavy atom. The summed E-state index contributed by atoms with van der Waals surface area (Å²) in [6.45, 7) is 0. The summed E-state index contributed by atoms with van der Waals surface area (Å²) in [6, 6.07) is 5.51. The number of fused-ring (bicyclic) bond motifs is 1. The summed E-state index contributed by atoms with van der Waals surface area (Å²) < 4.78 is 6.45. The number of thiophene rings is 1. The fraction of sp³-hybridized carbons (Fsp3) is 0.100. The number of hydrogen-bond acceptors (Lipinski definition) is 3. The maximum absolute atomic E-state index is 11.3. The van der Waals surface area contributed by atoms with Crippen LogP contribution in [0.25, 0.3) is 10.1 Å². The number of benzene rings is 1. The molecular weight excluding hydrogens is 300 g/mol. The molecule has 0 atom stereocenters. The highest BCUT2D eigenvalue weighted by atomic mass is 79.9. The molecule has 0 aliphatic rings. The highest BCUT2D eigenvalue weighted by Gasteiger charge is 2.12. The van der Waals surface area contributed by atoms with Crippen LogP contribution in [-0.2, 0) is 4.74 Å². The molecule has 0 saturated heterocycles. The normalized spacial score (nSPS) is 10.6. The van der Waals surface area contributed by atoms with Gasteiger partial charge in [-0.3, -0.25) is 0 Å². The van der Waals surface area contributed by atoms with E-state index in [9.17, 15) is 4.79 Å². The van der Waals surface area contributed by atoms with Crippen LogP contribution in [0, 0.1) is 0 Å². The zero-order valence-corrected chi connectivity index (χ0v) is 10.9. The average Bonchev–Trinajstić information content (AvgIpc) is 2.60. The molecule has 1 heterocycles. The van der Waals surface area contributed by atoms with E-state index in [1.807, 2.05) is 6.07 Å². The third kappa shape index (κ3) is 2.02. The summed E-state index contributed by atoms with van der Waals surface area (Å²) in [7, 11) is 1.37. The number of carbonyl (C=O) groups excluding carboxylic acids is 1. The number of halogens is 2. The summed E-state index contributed by atoms with van der Waals surface area (Å²) in [4.78, 5) is 11.9. The molecule has 2 aromatic rings. The highest BCUT2D eigenvalue weighted by molar-refractivity contribution is 9.10. The van der Waals surface area contributed by atoms with E-state index in [0.29, 0.717) is 9.90 Å². The van der Waals surface area contributed by atoms with Crippen LogP contribution in [0.2, 0.25) is 5.02 Å². The van der Waals surface area contributed by atoms with Crippen molar-refractivity contribution >= 4 is 54.9 Å². The molecule has 1 aromatic carbocycles. The molecule has 15 heavy (non-hydrogen) atoms. The largest absolute Gasteiger partial charge is 0.465 e. The van der Waals surface area contributed by atoms with Gasteiger partial charge in [0.05, 0.1) is 16.8 Å². The molecule has 0 aliphatic carbocycles. The highest BCUT2D eigenvalue weighted by Crippen LogP contribution is 2.34. The number of ether oxygens (including phenoxy) is 1. The summed E-state index contributed by atoms with van der Waals surface area (Å²) in [6.07, 6.45) is 0.